The molecule has 5 nitrogen and oxygen atoms in total. The smallest absolute Gasteiger partial charge is 0.320 e. The van der Waals surface area contributed by atoms with Gasteiger partial charge in [-0.05, 0) is 38.0 Å². The van der Waals surface area contributed by atoms with Crippen molar-refractivity contribution in [2.24, 2.45) is 5.92 Å². The Hall–Kier alpha value is -2.35. The Morgan fingerprint density at radius 3 is 2.30 bits per heavy atom. The summed E-state index contributed by atoms with van der Waals surface area (Å²) < 4.78 is 9.79. The predicted molar refractivity (Wildman–Crippen MR) is 71.6 cm³/mol. The first-order valence-corrected chi connectivity index (χ1v) is 6.44. The van der Waals surface area contributed by atoms with Gasteiger partial charge in [-0.3, -0.25) is 9.59 Å². The largest absolute Gasteiger partial charge is 0.465 e. The van der Waals surface area contributed by atoms with Crippen LogP contribution < -0.4 is 0 Å². The lowest BCUT2D eigenvalue weighted by Crippen LogP contribution is -2.30. The third-order valence-corrected chi connectivity index (χ3v) is 2.64. The first-order valence-electron chi connectivity index (χ1n) is 6.44. The molecule has 1 aromatic carbocycles. The van der Waals surface area contributed by atoms with Crippen LogP contribution in [0.3, 0.4) is 0 Å². The molecule has 0 saturated carbocycles. The van der Waals surface area contributed by atoms with E-state index < -0.39 is 17.9 Å². The topological polar surface area (TPSA) is 76.4 Å². The van der Waals surface area contributed by atoms with Crippen molar-refractivity contribution < 1.29 is 19.1 Å². The summed E-state index contributed by atoms with van der Waals surface area (Å²) in [6, 6.07) is 8.79. The van der Waals surface area contributed by atoms with E-state index in [1.165, 1.54) is 0 Å². The van der Waals surface area contributed by atoms with Gasteiger partial charge in [0.25, 0.3) is 0 Å². The molecule has 0 aliphatic rings. The Labute approximate surface area is 118 Å². The summed E-state index contributed by atoms with van der Waals surface area (Å²) in [6.45, 7) is 3.76. The number of nitrogens with zero attached hydrogens (tertiary/aromatic N) is 1. The van der Waals surface area contributed by atoms with Crippen molar-refractivity contribution in [1.29, 1.82) is 5.26 Å². The molecule has 0 aliphatic carbocycles. The maximum atomic E-state index is 11.8. The van der Waals surface area contributed by atoms with Crippen LogP contribution in [-0.4, -0.2) is 25.2 Å². The van der Waals surface area contributed by atoms with Crippen LogP contribution in [-0.2, 0) is 25.5 Å². The van der Waals surface area contributed by atoms with E-state index in [1.54, 1.807) is 38.1 Å². The van der Waals surface area contributed by atoms with Crippen LogP contribution in [0.25, 0.3) is 0 Å². The summed E-state index contributed by atoms with van der Waals surface area (Å²) in [5.74, 6) is -2.20. The molecule has 0 saturated heterocycles. The second-order valence-corrected chi connectivity index (χ2v) is 4.07. The summed E-state index contributed by atoms with van der Waals surface area (Å²) >= 11 is 0. The molecule has 0 spiro atoms. The van der Waals surface area contributed by atoms with E-state index in [4.69, 9.17) is 14.7 Å². The summed E-state index contributed by atoms with van der Waals surface area (Å²) in [7, 11) is 0. The SMILES string of the molecule is CCOC(=O)C(Cc1cccc(C#N)c1)C(=O)OCC. The molecular weight excluding hydrogens is 258 g/mol. The van der Waals surface area contributed by atoms with Gasteiger partial charge >= 0.3 is 11.9 Å². The molecule has 0 fully saturated rings. The Balaban J connectivity index is 2.90. The van der Waals surface area contributed by atoms with Crippen LogP contribution in [0.4, 0.5) is 0 Å². The standard InChI is InChI=1S/C15H17NO4/c1-3-19-14(17)13(15(18)20-4-2)9-11-6-5-7-12(8-11)10-16/h5-8,13H,3-4,9H2,1-2H3. The molecule has 0 radical (unpaired) electrons. The van der Waals surface area contributed by atoms with E-state index in [-0.39, 0.29) is 19.6 Å². The van der Waals surface area contributed by atoms with Crippen molar-refractivity contribution in [3.63, 3.8) is 0 Å². The van der Waals surface area contributed by atoms with Crippen molar-refractivity contribution in [1.82, 2.24) is 0 Å². The minimum Gasteiger partial charge on any atom is -0.465 e. The highest BCUT2D eigenvalue weighted by molar-refractivity contribution is 5.95. The number of hydrogen-bond acceptors (Lipinski definition) is 5. The van der Waals surface area contributed by atoms with Gasteiger partial charge in [-0.15, -0.1) is 0 Å². The van der Waals surface area contributed by atoms with Gasteiger partial charge in [0.05, 0.1) is 24.8 Å². The molecular formula is C15H17NO4. The molecule has 0 heterocycles. The number of ether oxygens (including phenoxy) is 2. The average molecular weight is 275 g/mol. The van der Waals surface area contributed by atoms with E-state index in [0.29, 0.717) is 5.56 Å². The van der Waals surface area contributed by atoms with Crippen molar-refractivity contribution in [2.45, 2.75) is 20.3 Å². The zero-order valence-electron chi connectivity index (χ0n) is 11.6. The first kappa shape index (κ1) is 15.7. The van der Waals surface area contributed by atoms with Crippen LogP contribution in [0.5, 0.6) is 0 Å². The first-order chi connectivity index (χ1) is 9.62. The number of nitriles is 1. The molecule has 1 aromatic rings. The average Bonchev–Trinajstić information content (AvgIpc) is 2.45. The zero-order valence-corrected chi connectivity index (χ0v) is 11.6. The number of rotatable bonds is 6. The molecule has 1 rings (SSSR count). The van der Waals surface area contributed by atoms with Gasteiger partial charge in [0.15, 0.2) is 5.92 Å². The van der Waals surface area contributed by atoms with Crippen molar-refractivity contribution in [2.75, 3.05) is 13.2 Å². The van der Waals surface area contributed by atoms with Crippen molar-refractivity contribution in [3.8, 4) is 6.07 Å². The third-order valence-electron chi connectivity index (χ3n) is 2.64. The van der Waals surface area contributed by atoms with Crippen LogP contribution in [0.1, 0.15) is 25.0 Å². The lowest BCUT2D eigenvalue weighted by Gasteiger charge is -2.14. The van der Waals surface area contributed by atoms with Crippen molar-refractivity contribution >= 4 is 11.9 Å². The highest BCUT2D eigenvalue weighted by Crippen LogP contribution is 2.14. The second kappa shape index (κ2) is 7.95. The number of carbonyl (C=O) groups excluding carboxylic acids is 2. The Kier molecular flexibility index (Phi) is 6.24. The molecule has 20 heavy (non-hydrogen) atoms. The summed E-state index contributed by atoms with van der Waals surface area (Å²) in [6.07, 6.45) is 0.160. The van der Waals surface area contributed by atoms with Gasteiger partial charge in [-0.25, -0.2) is 0 Å². The van der Waals surface area contributed by atoms with Crippen LogP contribution in [0, 0.1) is 17.2 Å². The monoisotopic (exact) mass is 275 g/mol. The number of hydrogen-bond donors (Lipinski definition) is 0. The van der Waals surface area contributed by atoms with E-state index in [9.17, 15) is 9.59 Å². The van der Waals surface area contributed by atoms with E-state index >= 15 is 0 Å². The number of carbonyl (C=O) groups is 2. The Morgan fingerprint density at radius 2 is 1.80 bits per heavy atom. The molecule has 5 heteroatoms. The summed E-state index contributed by atoms with van der Waals surface area (Å²) in [4.78, 5) is 23.7. The quantitative estimate of drug-likeness (QED) is 0.585. The summed E-state index contributed by atoms with van der Waals surface area (Å²) in [5, 5.41) is 8.85. The van der Waals surface area contributed by atoms with Gasteiger partial charge in [0.2, 0.25) is 0 Å². The van der Waals surface area contributed by atoms with Gasteiger partial charge in [0, 0.05) is 0 Å². The molecule has 0 atom stereocenters. The molecule has 0 aliphatic heterocycles. The highest BCUT2D eigenvalue weighted by Gasteiger charge is 2.29. The fourth-order valence-electron chi connectivity index (χ4n) is 1.75. The van der Waals surface area contributed by atoms with Crippen LogP contribution in [0.2, 0.25) is 0 Å². The molecule has 0 unspecified atom stereocenters. The van der Waals surface area contributed by atoms with E-state index in [1.807, 2.05) is 6.07 Å². The minimum atomic E-state index is -0.996. The molecule has 0 bridgehead atoms. The minimum absolute atomic E-state index is 0.160. The number of esters is 2. The summed E-state index contributed by atoms with van der Waals surface area (Å²) in [5.41, 5.74) is 1.20. The van der Waals surface area contributed by atoms with Gasteiger partial charge in [-0.2, -0.15) is 5.26 Å². The molecule has 0 N–H and O–H groups in total. The zero-order chi connectivity index (χ0) is 15.0. The third kappa shape index (κ3) is 4.39. The number of benzene rings is 1. The van der Waals surface area contributed by atoms with E-state index in [2.05, 4.69) is 0 Å². The fraction of sp³-hybridized carbons (Fsp3) is 0.400. The lowest BCUT2D eigenvalue weighted by atomic mass is 9.98. The Morgan fingerprint density at radius 1 is 1.20 bits per heavy atom. The highest BCUT2D eigenvalue weighted by atomic mass is 16.6. The van der Waals surface area contributed by atoms with Crippen LogP contribution in [0.15, 0.2) is 24.3 Å². The lowest BCUT2D eigenvalue weighted by molar-refractivity contribution is -0.161. The molecule has 106 valence electrons. The van der Waals surface area contributed by atoms with Crippen molar-refractivity contribution in [3.05, 3.63) is 35.4 Å². The fourth-order valence-corrected chi connectivity index (χ4v) is 1.75. The van der Waals surface area contributed by atoms with Gasteiger partial charge in [-0.1, -0.05) is 12.1 Å². The van der Waals surface area contributed by atoms with E-state index in [0.717, 1.165) is 5.56 Å². The van der Waals surface area contributed by atoms with Gasteiger partial charge in [0.1, 0.15) is 0 Å². The molecule has 0 amide bonds. The maximum absolute atomic E-state index is 11.8. The normalized spacial score (nSPS) is 9.90. The Bertz CT molecular complexity index is 501. The second-order valence-electron chi connectivity index (χ2n) is 4.07. The molecule has 0 aromatic heterocycles. The predicted octanol–water partition coefficient (Wildman–Crippen LogP) is 1.84. The maximum Gasteiger partial charge on any atom is 0.320 e. The van der Waals surface area contributed by atoms with Crippen LogP contribution >= 0.6 is 0 Å². The van der Waals surface area contributed by atoms with Gasteiger partial charge < -0.3 is 9.47 Å².